The molecule has 3 rings (SSSR count). The van der Waals surface area contributed by atoms with Gasteiger partial charge in [0.2, 0.25) is 0 Å². The normalized spacial score (nSPS) is 19.0. The molecular formula is C19H25NO3. The fraction of sp³-hybridized carbons (Fsp3) is 0.579. The topological polar surface area (TPSA) is 55.4 Å². The third kappa shape index (κ3) is 3.92. The van der Waals surface area contributed by atoms with Gasteiger partial charge in [-0.1, -0.05) is 18.9 Å². The number of benzene rings is 1. The second-order valence-corrected chi connectivity index (χ2v) is 6.73. The second-order valence-electron chi connectivity index (χ2n) is 6.73. The van der Waals surface area contributed by atoms with Crippen molar-refractivity contribution in [3.05, 3.63) is 34.9 Å². The van der Waals surface area contributed by atoms with Crippen LogP contribution in [0.25, 0.3) is 0 Å². The molecule has 0 saturated heterocycles. The SMILES string of the molecule is CC(OC(=O)c1ccc2c(c1)CCCC2)C(=O)NC1CCCC1. The van der Waals surface area contributed by atoms with Crippen LogP contribution in [-0.2, 0) is 22.4 Å². The number of ether oxygens (including phenoxy) is 1. The van der Waals surface area contributed by atoms with Crippen molar-refractivity contribution in [3.8, 4) is 0 Å². The van der Waals surface area contributed by atoms with Crippen LogP contribution >= 0.6 is 0 Å². The maximum absolute atomic E-state index is 12.3. The zero-order valence-electron chi connectivity index (χ0n) is 13.8. The molecule has 1 atom stereocenters. The molecule has 1 unspecified atom stereocenters. The van der Waals surface area contributed by atoms with E-state index in [-0.39, 0.29) is 11.9 Å². The molecule has 0 radical (unpaired) electrons. The average molecular weight is 315 g/mol. The number of nitrogens with one attached hydrogen (secondary N) is 1. The van der Waals surface area contributed by atoms with E-state index < -0.39 is 12.1 Å². The standard InChI is InChI=1S/C19H25NO3/c1-13(18(21)20-17-8-4-5-9-17)23-19(22)16-11-10-14-6-2-3-7-15(14)12-16/h10-13,17H,2-9H2,1H3,(H,20,21). The van der Waals surface area contributed by atoms with Gasteiger partial charge in [-0.25, -0.2) is 4.79 Å². The van der Waals surface area contributed by atoms with E-state index in [1.165, 1.54) is 24.0 Å². The largest absolute Gasteiger partial charge is 0.449 e. The third-order valence-corrected chi connectivity index (χ3v) is 4.94. The Balaban J connectivity index is 1.58. The molecule has 0 spiro atoms. The Kier molecular flexibility index (Phi) is 4.99. The van der Waals surface area contributed by atoms with E-state index in [1.807, 2.05) is 18.2 Å². The highest BCUT2D eigenvalue weighted by Gasteiger charge is 2.24. The number of hydrogen-bond acceptors (Lipinski definition) is 3. The summed E-state index contributed by atoms with van der Waals surface area (Å²) in [6, 6.07) is 6.01. The van der Waals surface area contributed by atoms with E-state index in [9.17, 15) is 9.59 Å². The fourth-order valence-electron chi connectivity index (χ4n) is 3.53. The molecule has 4 nitrogen and oxygen atoms in total. The van der Waals surface area contributed by atoms with Crippen molar-refractivity contribution in [2.24, 2.45) is 0 Å². The van der Waals surface area contributed by atoms with Crippen LogP contribution in [0.5, 0.6) is 0 Å². The molecule has 0 aromatic heterocycles. The molecule has 4 heteroatoms. The summed E-state index contributed by atoms with van der Waals surface area (Å²) in [6.45, 7) is 1.64. The van der Waals surface area contributed by atoms with Gasteiger partial charge in [0.05, 0.1) is 5.56 Å². The van der Waals surface area contributed by atoms with Crippen LogP contribution in [0, 0.1) is 0 Å². The number of aryl methyl sites for hydroxylation is 2. The van der Waals surface area contributed by atoms with Crippen LogP contribution in [0.15, 0.2) is 18.2 Å². The number of carbonyl (C=O) groups is 2. The first-order chi connectivity index (χ1) is 11.1. The van der Waals surface area contributed by atoms with E-state index in [0.29, 0.717) is 5.56 Å². The van der Waals surface area contributed by atoms with Gasteiger partial charge in [-0.3, -0.25) is 4.79 Å². The zero-order valence-corrected chi connectivity index (χ0v) is 13.8. The minimum atomic E-state index is -0.751. The van der Waals surface area contributed by atoms with Crippen LogP contribution in [-0.4, -0.2) is 24.0 Å². The number of esters is 1. The van der Waals surface area contributed by atoms with Crippen molar-refractivity contribution in [3.63, 3.8) is 0 Å². The number of fused-ring (bicyclic) bond motifs is 1. The van der Waals surface area contributed by atoms with Crippen molar-refractivity contribution in [2.75, 3.05) is 0 Å². The van der Waals surface area contributed by atoms with Gasteiger partial charge in [0.1, 0.15) is 0 Å². The molecule has 124 valence electrons. The lowest BCUT2D eigenvalue weighted by Crippen LogP contribution is -2.40. The summed E-state index contributed by atoms with van der Waals surface area (Å²) in [5.41, 5.74) is 3.12. The number of amides is 1. The maximum Gasteiger partial charge on any atom is 0.338 e. The van der Waals surface area contributed by atoms with Gasteiger partial charge in [0.25, 0.3) is 5.91 Å². The van der Waals surface area contributed by atoms with Crippen LogP contribution in [0.4, 0.5) is 0 Å². The van der Waals surface area contributed by atoms with Crippen LogP contribution in [0.2, 0.25) is 0 Å². The Morgan fingerprint density at radius 1 is 1.09 bits per heavy atom. The van der Waals surface area contributed by atoms with E-state index in [0.717, 1.165) is 38.5 Å². The van der Waals surface area contributed by atoms with Gasteiger partial charge in [-0.15, -0.1) is 0 Å². The van der Waals surface area contributed by atoms with Crippen molar-refractivity contribution in [1.29, 1.82) is 0 Å². The van der Waals surface area contributed by atoms with Gasteiger partial charge in [0.15, 0.2) is 6.10 Å². The Morgan fingerprint density at radius 2 is 1.78 bits per heavy atom. The molecule has 0 aliphatic heterocycles. The highest BCUT2D eigenvalue weighted by atomic mass is 16.5. The van der Waals surface area contributed by atoms with Gasteiger partial charge in [-0.2, -0.15) is 0 Å². The molecule has 0 heterocycles. The lowest BCUT2D eigenvalue weighted by Gasteiger charge is -2.18. The molecule has 1 fully saturated rings. The van der Waals surface area contributed by atoms with Crippen LogP contribution < -0.4 is 5.32 Å². The lowest BCUT2D eigenvalue weighted by atomic mass is 9.90. The Bertz CT molecular complexity index is 590. The molecule has 2 aliphatic rings. The quantitative estimate of drug-likeness (QED) is 0.868. The Labute approximate surface area is 137 Å². The monoisotopic (exact) mass is 315 g/mol. The summed E-state index contributed by atoms with van der Waals surface area (Å²) in [5, 5.41) is 2.97. The predicted molar refractivity (Wildman–Crippen MR) is 88.4 cm³/mol. The molecule has 1 aromatic rings. The lowest BCUT2D eigenvalue weighted by molar-refractivity contribution is -0.129. The van der Waals surface area contributed by atoms with Crippen molar-refractivity contribution < 1.29 is 14.3 Å². The number of carbonyl (C=O) groups excluding carboxylic acids is 2. The molecule has 23 heavy (non-hydrogen) atoms. The molecule has 0 bridgehead atoms. The summed E-state index contributed by atoms with van der Waals surface area (Å²) in [7, 11) is 0. The minimum Gasteiger partial charge on any atom is -0.449 e. The van der Waals surface area contributed by atoms with Crippen molar-refractivity contribution in [2.45, 2.75) is 70.4 Å². The molecule has 1 aromatic carbocycles. The molecule has 1 saturated carbocycles. The first-order valence-corrected chi connectivity index (χ1v) is 8.76. The number of hydrogen-bond donors (Lipinski definition) is 1. The van der Waals surface area contributed by atoms with Gasteiger partial charge in [-0.05, 0) is 68.7 Å². The highest BCUT2D eigenvalue weighted by molar-refractivity contribution is 5.92. The summed E-state index contributed by atoms with van der Waals surface area (Å²) in [6.07, 6.45) is 8.12. The molecule has 1 amide bonds. The van der Waals surface area contributed by atoms with Gasteiger partial charge >= 0.3 is 5.97 Å². The van der Waals surface area contributed by atoms with E-state index in [4.69, 9.17) is 4.74 Å². The van der Waals surface area contributed by atoms with Crippen LogP contribution in [0.1, 0.15) is 66.9 Å². The summed E-state index contributed by atoms with van der Waals surface area (Å²) < 4.78 is 5.35. The second kappa shape index (κ2) is 7.16. The van der Waals surface area contributed by atoms with Crippen molar-refractivity contribution >= 4 is 11.9 Å². The average Bonchev–Trinajstić information content (AvgIpc) is 3.07. The zero-order chi connectivity index (χ0) is 16.2. The number of rotatable bonds is 4. The summed E-state index contributed by atoms with van der Waals surface area (Å²) >= 11 is 0. The first kappa shape index (κ1) is 16.0. The van der Waals surface area contributed by atoms with Crippen LogP contribution in [0.3, 0.4) is 0 Å². The smallest absolute Gasteiger partial charge is 0.338 e. The Morgan fingerprint density at radius 3 is 2.52 bits per heavy atom. The molecular weight excluding hydrogens is 290 g/mol. The van der Waals surface area contributed by atoms with E-state index >= 15 is 0 Å². The molecule has 1 N–H and O–H groups in total. The van der Waals surface area contributed by atoms with Gasteiger partial charge in [0, 0.05) is 6.04 Å². The minimum absolute atomic E-state index is 0.191. The maximum atomic E-state index is 12.3. The molecule has 2 aliphatic carbocycles. The van der Waals surface area contributed by atoms with E-state index in [1.54, 1.807) is 6.92 Å². The predicted octanol–water partition coefficient (Wildman–Crippen LogP) is 3.17. The highest BCUT2D eigenvalue weighted by Crippen LogP contribution is 2.23. The van der Waals surface area contributed by atoms with E-state index in [2.05, 4.69) is 5.32 Å². The third-order valence-electron chi connectivity index (χ3n) is 4.94. The fourth-order valence-corrected chi connectivity index (χ4v) is 3.53. The van der Waals surface area contributed by atoms with Crippen molar-refractivity contribution in [1.82, 2.24) is 5.32 Å². The summed E-state index contributed by atoms with van der Waals surface area (Å²) in [5.74, 6) is -0.601. The summed E-state index contributed by atoms with van der Waals surface area (Å²) in [4.78, 5) is 24.4. The first-order valence-electron chi connectivity index (χ1n) is 8.76. The Hall–Kier alpha value is -1.84. The van der Waals surface area contributed by atoms with Gasteiger partial charge < -0.3 is 10.1 Å².